The molecule has 0 radical (unpaired) electrons. The Kier molecular flexibility index (Phi) is 3.30. The Bertz CT molecular complexity index is 381. The predicted molar refractivity (Wildman–Crippen MR) is 48.8 cm³/mol. The Morgan fingerprint density at radius 2 is 1.75 bits per heavy atom. The number of rotatable bonds is 2. The largest absolute Gasteiger partial charge is 0.508 e. The topological polar surface area (TPSA) is 86.7 Å². The van der Waals surface area contributed by atoms with Gasteiger partial charge in [0.1, 0.15) is 11.5 Å². The van der Waals surface area contributed by atoms with Crippen LogP contribution in [0.5, 0.6) is 11.5 Å². The van der Waals surface area contributed by atoms with Gasteiger partial charge in [-0.3, -0.25) is 0 Å². The number of hydrogen-bond donors (Lipinski definition) is 4. The number of halogens is 3. The van der Waals surface area contributed by atoms with Crippen LogP contribution in [0, 0.1) is 0 Å². The van der Waals surface area contributed by atoms with E-state index >= 15 is 0 Å². The quantitative estimate of drug-likeness (QED) is 0.578. The molecule has 1 rings (SSSR count). The first-order valence-corrected chi connectivity index (χ1v) is 4.25. The lowest BCUT2D eigenvalue weighted by Gasteiger charge is -2.22. The normalized spacial score (nSPS) is 15.8. The lowest BCUT2D eigenvalue weighted by molar-refractivity contribution is -0.210. The third kappa shape index (κ3) is 2.56. The van der Waals surface area contributed by atoms with Gasteiger partial charge in [-0.05, 0) is 18.2 Å². The average Bonchev–Trinajstić information content (AvgIpc) is 2.18. The van der Waals surface area contributed by atoms with Crippen molar-refractivity contribution in [2.75, 3.05) is 0 Å². The summed E-state index contributed by atoms with van der Waals surface area (Å²) in [7, 11) is 0. The van der Waals surface area contributed by atoms with Crippen molar-refractivity contribution in [3.8, 4) is 11.5 Å². The highest BCUT2D eigenvalue weighted by atomic mass is 19.4. The molecule has 1 aromatic carbocycles. The van der Waals surface area contributed by atoms with Crippen molar-refractivity contribution >= 4 is 0 Å². The SMILES string of the molecule is N[C@@H](c1cc(O)ccc1O)[C@H](O)C(F)(F)F. The monoisotopic (exact) mass is 237 g/mol. The fraction of sp³-hybridized carbons (Fsp3) is 0.333. The van der Waals surface area contributed by atoms with Gasteiger partial charge in [-0.1, -0.05) is 0 Å². The van der Waals surface area contributed by atoms with Gasteiger partial charge in [-0.15, -0.1) is 0 Å². The Hall–Kier alpha value is -1.47. The van der Waals surface area contributed by atoms with Crippen LogP contribution in [-0.2, 0) is 0 Å². The highest BCUT2D eigenvalue weighted by molar-refractivity contribution is 5.41. The number of phenols is 2. The molecule has 1 aromatic rings. The summed E-state index contributed by atoms with van der Waals surface area (Å²) in [6, 6.07) is 1.10. The van der Waals surface area contributed by atoms with E-state index in [1.807, 2.05) is 0 Å². The summed E-state index contributed by atoms with van der Waals surface area (Å²) >= 11 is 0. The van der Waals surface area contributed by atoms with E-state index < -0.39 is 24.1 Å². The molecular weight excluding hydrogens is 227 g/mol. The van der Waals surface area contributed by atoms with Crippen LogP contribution < -0.4 is 5.73 Å². The summed E-state index contributed by atoms with van der Waals surface area (Å²) in [6.07, 6.45) is -7.70. The number of aliphatic hydroxyl groups is 1. The zero-order valence-electron chi connectivity index (χ0n) is 7.94. The number of aliphatic hydroxyl groups excluding tert-OH is 1. The summed E-state index contributed by atoms with van der Waals surface area (Å²) in [6.45, 7) is 0. The molecule has 16 heavy (non-hydrogen) atoms. The van der Waals surface area contributed by atoms with Gasteiger partial charge in [0.2, 0.25) is 0 Å². The Morgan fingerprint density at radius 3 is 2.25 bits per heavy atom. The lowest BCUT2D eigenvalue weighted by Crippen LogP contribution is -2.38. The molecule has 0 spiro atoms. The zero-order chi connectivity index (χ0) is 12.5. The first kappa shape index (κ1) is 12.6. The molecular formula is C9H10F3NO3. The molecule has 0 aromatic heterocycles. The van der Waals surface area contributed by atoms with Gasteiger partial charge in [-0.2, -0.15) is 13.2 Å². The summed E-state index contributed by atoms with van der Waals surface area (Å²) in [4.78, 5) is 0. The molecule has 0 saturated heterocycles. The number of alkyl halides is 3. The number of nitrogens with two attached hydrogens (primary N) is 1. The van der Waals surface area contributed by atoms with Crippen molar-refractivity contribution in [1.82, 2.24) is 0 Å². The van der Waals surface area contributed by atoms with E-state index in [0.717, 1.165) is 18.2 Å². The van der Waals surface area contributed by atoms with Gasteiger partial charge >= 0.3 is 6.18 Å². The Morgan fingerprint density at radius 1 is 1.19 bits per heavy atom. The molecule has 0 saturated carbocycles. The predicted octanol–water partition coefficient (Wildman–Crippen LogP) is 1.02. The van der Waals surface area contributed by atoms with Crippen LogP contribution in [0.3, 0.4) is 0 Å². The summed E-state index contributed by atoms with van der Waals surface area (Å²) in [5, 5.41) is 27.2. The maximum atomic E-state index is 12.1. The number of benzene rings is 1. The van der Waals surface area contributed by atoms with E-state index in [1.165, 1.54) is 0 Å². The fourth-order valence-electron chi connectivity index (χ4n) is 1.18. The molecule has 0 fully saturated rings. The summed E-state index contributed by atoms with van der Waals surface area (Å²) in [5.41, 5.74) is 4.78. The maximum Gasteiger partial charge on any atom is 0.416 e. The first-order chi connectivity index (χ1) is 7.23. The molecule has 0 heterocycles. The minimum atomic E-state index is -4.89. The van der Waals surface area contributed by atoms with Crippen molar-refractivity contribution < 1.29 is 28.5 Å². The lowest BCUT2D eigenvalue weighted by atomic mass is 10.0. The molecule has 0 aliphatic heterocycles. The van der Waals surface area contributed by atoms with Crippen LogP contribution >= 0.6 is 0 Å². The van der Waals surface area contributed by atoms with Gasteiger partial charge in [0.05, 0.1) is 6.04 Å². The number of aromatic hydroxyl groups is 2. The van der Waals surface area contributed by atoms with Crippen molar-refractivity contribution in [2.45, 2.75) is 18.3 Å². The maximum absolute atomic E-state index is 12.1. The van der Waals surface area contributed by atoms with E-state index in [1.54, 1.807) is 0 Å². The van der Waals surface area contributed by atoms with Crippen LogP contribution in [0.1, 0.15) is 11.6 Å². The van der Waals surface area contributed by atoms with Crippen molar-refractivity contribution in [3.05, 3.63) is 23.8 Å². The number of phenolic OH excluding ortho intramolecular Hbond substituents is 2. The van der Waals surface area contributed by atoms with Gasteiger partial charge in [0, 0.05) is 5.56 Å². The van der Waals surface area contributed by atoms with Gasteiger partial charge in [0.25, 0.3) is 0 Å². The molecule has 0 aliphatic carbocycles. The van der Waals surface area contributed by atoms with Crippen LogP contribution in [-0.4, -0.2) is 27.6 Å². The summed E-state index contributed by atoms with van der Waals surface area (Å²) in [5.74, 6) is -0.869. The van der Waals surface area contributed by atoms with Gasteiger partial charge < -0.3 is 21.1 Å². The van der Waals surface area contributed by atoms with Gasteiger partial charge in [0.15, 0.2) is 6.10 Å². The summed E-state index contributed by atoms with van der Waals surface area (Å²) < 4.78 is 36.4. The van der Waals surface area contributed by atoms with Crippen molar-refractivity contribution in [2.24, 2.45) is 5.73 Å². The Labute approximate surface area is 88.7 Å². The second-order valence-electron chi connectivity index (χ2n) is 3.26. The molecule has 2 atom stereocenters. The minimum absolute atomic E-state index is 0.349. The minimum Gasteiger partial charge on any atom is -0.508 e. The van der Waals surface area contributed by atoms with Crippen LogP contribution in [0.2, 0.25) is 0 Å². The van der Waals surface area contributed by atoms with Crippen LogP contribution in [0.4, 0.5) is 13.2 Å². The van der Waals surface area contributed by atoms with E-state index in [4.69, 9.17) is 15.9 Å². The first-order valence-electron chi connectivity index (χ1n) is 4.25. The number of hydrogen-bond acceptors (Lipinski definition) is 4. The van der Waals surface area contributed by atoms with Crippen molar-refractivity contribution in [1.29, 1.82) is 0 Å². The van der Waals surface area contributed by atoms with E-state index in [-0.39, 0.29) is 11.3 Å². The molecule has 4 nitrogen and oxygen atoms in total. The van der Waals surface area contributed by atoms with Crippen molar-refractivity contribution in [3.63, 3.8) is 0 Å². The molecule has 7 heteroatoms. The molecule has 0 unspecified atom stereocenters. The second kappa shape index (κ2) is 4.18. The highest BCUT2D eigenvalue weighted by Gasteiger charge is 2.43. The highest BCUT2D eigenvalue weighted by Crippen LogP contribution is 2.34. The van der Waals surface area contributed by atoms with E-state index in [2.05, 4.69) is 0 Å². The Balaban J connectivity index is 3.05. The fourth-order valence-corrected chi connectivity index (χ4v) is 1.18. The average molecular weight is 237 g/mol. The van der Waals surface area contributed by atoms with Crippen LogP contribution in [0.15, 0.2) is 18.2 Å². The molecule has 0 aliphatic rings. The van der Waals surface area contributed by atoms with E-state index in [0.29, 0.717) is 0 Å². The smallest absolute Gasteiger partial charge is 0.416 e. The molecule has 0 bridgehead atoms. The molecule has 5 N–H and O–H groups in total. The standard InChI is InChI=1S/C9H10F3NO3/c10-9(11,12)8(16)7(13)5-3-4(14)1-2-6(5)15/h1-3,7-8,14-16H,13H2/t7-,8-/m0/s1. The molecule has 90 valence electrons. The van der Waals surface area contributed by atoms with Crippen LogP contribution in [0.25, 0.3) is 0 Å². The second-order valence-corrected chi connectivity index (χ2v) is 3.26. The van der Waals surface area contributed by atoms with E-state index in [9.17, 15) is 18.3 Å². The third-order valence-corrected chi connectivity index (χ3v) is 2.05. The zero-order valence-corrected chi connectivity index (χ0v) is 7.94. The molecule has 0 amide bonds. The third-order valence-electron chi connectivity index (χ3n) is 2.05. The van der Waals surface area contributed by atoms with Gasteiger partial charge in [-0.25, -0.2) is 0 Å².